The number of amides is 1. The van der Waals surface area contributed by atoms with Crippen molar-refractivity contribution >= 4 is 5.91 Å². The lowest BCUT2D eigenvalue weighted by atomic mass is 9.80. The number of nitriles is 1. The van der Waals surface area contributed by atoms with Gasteiger partial charge in [-0.3, -0.25) is 4.79 Å². The molecule has 4 heteroatoms. The number of nitrogens with one attached hydrogen (secondary N) is 1. The summed E-state index contributed by atoms with van der Waals surface area (Å²) in [6.07, 6.45) is 4.65. The molecule has 0 aromatic rings. The van der Waals surface area contributed by atoms with Crippen LogP contribution in [0.1, 0.15) is 46.0 Å². The van der Waals surface area contributed by atoms with Gasteiger partial charge in [0.05, 0.1) is 6.07 Å². The van der Waals surface area contributed by atoms with Gasteiger partial charge >= 0.3 is 0 Å². The Balaban J connectivity index is 2.03. The van der Waals surface area contributed by atoms with Crippen molar-refractivity contribution in [2.45, 2.75) is 51.5 Å². The summed E-state index contributed by atoms with van der Waals surface area (Å²) in [4.78, 5) is 14.7. The second-order valence-corrected chi connectivity index (χ2v) is 6.92. The molecule has 1 saturated carbocycles. The van der Waals surface area contributed by atoms with Crippen LogP contribution in [-0.2, 0) is 4.79 Å². The highest BCUT2D eigenvalue weighted by atomic mass is 16.2. The van der Waals surface area contributed by atoms with Crippen molar-refractivity contribution in [1.82, 2.24) is 10.2 Å². The lowest BCUT2D eigenvalue weighted by Gasteiger charge is -2.37. The summed E-state index contributed by atoms with van der Waals surface area (Å²) in [5.41, 5.74) is -0.561. The SMILES string of the molecule is CN1CCC(C#N)(NC(=O)C2CCCC2(C)C)CC1. The van der Waals surface area contributed by atoms with E-state index in [0.717, 1.165) is 45.2 Å². The van der Waals surface area contributed by atoms with Gasteiger partial charge in [0, 0.05) is 19.0 Å². The van der Waals surface area contributed by atoms with E-state index in [-0.39, 0.29) is 17.2 Å². The first kappa shape index (κ1) is 14.3. The Labute approximate surface area is 116 Å². The summed E-state index contributed by atoms with van der Waals surface area (Å²) >= 11 is 0. The van der Waals surface area contributed by atoms with E-state index in [9.17, 15) is 10.1 Å². The minimum absolute atomic E-state index is 0.0670. The molecule has 0 radical (unpaired) electrons. The van der Waals surface area contributed by atoms with Crippen molar-refractivity contribution in [1.29, 1.82) is 5.26 Å². The molecule has 0 aromatic heterocycles. The Morgan fingerprint density at radius 1 is 1.32 bits per heavy atom. The maximum Gasteiger partial charge on any atom is 0.224 e. The van der Waals surface area contributed by atoms with E-state index >= 15 is 0 Å². The van der Waals surface area contributed by atoms with Crippen molar-refractivity contribution < 1.29 is 4.79 Å². The number of carbonyl (C=O) groups excluding carboxylic acids is 1. The minimum atomic E-state index is -0.637. The molecule has 2 rings (SSSR count). The van der Waals surface area contributed by atoms with Crippen LogP contribution in [0.3, 0.4) is 0 Å². The van der Waals surface area contributed by atoms with Crippen molar-refractivity contribution in [3.05, 3.63) is 0 Å². The monoisotopic (exact) mass is 263 g/mol. The summed E-state index contributed by atoms with van der Waals surface area (Å²) in [5.74, 6) is 0.158. The minimum Gasteiger partial charge on any atom is -0.337 e. The average molecular weight is 263 g/mol. The molecule has 2 aliphatic rings. The van der Waals surface area contributed by atoms with Crippen LogP contribution < -0.4 is 5.32 Å². The normalized spacial score (nSPS) is 29.7. The molecule has 1 aliphatic heterocycles. The maximum atomic E-state index is 12.5. The van der Waals surface area contributed by atoms with Crippen LogP contribution in [0.5, 0.6) is 0 Å². The van der Waals surface area contributed by atoms with Gasteiger partial charge in [-0.2, -0.15) is 5.26 Å². The largest absolute Gasteiger partial charge is 0.337 e. The van der Waals surface area contributed by atoms with E-state index in [4.69, 9.17) is 0 Å². The summed E-state index contributed by atoms with van der Waals surface area (Å²) < 4.78 is 0. The zero-order valence-corrected chi connectivity index (χ0v) is 12.3. The quantitative estimate of drug-likeness (QED) is 0.828. The van der Waals surface area contributed by atoms with E-state index < -0.39 is 5.54 Å². The number of hydrogen-bond acceptors (Lipinski definition) is 3. The third-order valence-electron chi connectivity index (χ3n) is 4.99. The van der Waals surface area contributed by atoms with Crippen LogP contribution in [0.4, 0.5) is 0 Å². The molecule has 106 valence electrons. The van der Waals surface area contributed by atoms with E-state index in [1.807, 2.05) is 0 Å². The predicted molar refractivity (Wildman–Crippen MR) is 74.3 cm³/mol. The van der Waals surface area contributed by atoms with Gasteiger partial charge in [-0.15, -0.1) is 0 Å². The van der Waals surface area contributed by atoms with Crippen LogP contribution >= 0.6 is 0 Å². The first-order valence-corrected chi connectivity index (χ1v) is 7.30. The Morgan fingerprint density at radius 3 is 2.42 bits per heavy atom. The number of piperidine rings is 1. The lowest BCUT2D eigenvalue weighted by molar-refractivity contribution is -0.129. The zero-order valence-electron chi connectivity index (χ0n) is 12.3. The van der Waals surface area contributed by atoms with Crippen LogP contribution in [0.25, 0.3) is 0 Å². The van der Waals surface area contributed by atoms with Gasteiger partial charge in [-0.1, -0.05) is 20.3 Å². The molecule has 4 nitrogen and oxygen atoms in total. The number of rotatable bonds is 2. The van der Waals surface area contributed by atoms with Gasteiger partial charge in [0.2, 0.25) is 5.91 Å². The maximum absolute atomic E-state index is 12.5. The molecule has 1 N–H and O–H groups in total. The molecule has 0 bridgehead atoms. The Kier molecular flexibility index (Phi) is 3.87. The molecule has 2 fully saturated rings. The smallest absolute Gasteiger partial charge is 0.224 e. The molecule has 1 amide bonds. The summed E-state index contributed by atoms with van der Waals surface area (Å²) in [7, 11) is 2.06. The van der Waals surface area contributed by atoms with Crippen LogP contribution in [0, 0.1) is 22.7 Å². The van der Waals surface area contributed by atoms with Crippen molar-refractivity contribution in [3.63, 3.8) is 0 Å². The van der Waals surface area contributed by atoms with Crippen LogP contribution in [0.15, 0.2) is 0 Å². The first-order valence-electron chi connectivity index (χ1n) is 7.30. The number of likely N-dealkylation sites (tertiary alicyclic amines) is 1. The third-order valence-corrected chi connectivity index (χ3v) is 4.99. The molecule has 19 heavy (non-hydrogen) atoms. The van der Waals surface area contributed by atoms with Gasteiger partial charge in [-0.25, -0.2) is 0 Å². The van der Waals surface area contributed by atoms with Gasteiger partial charge < -0.3 is 10.2 Å². The number of carbonyl (C=O) groups is 1. The van der Waals surface area contributed by atoms with Crippen molar-refractivity contribution in [2.75, 3.05) is 20.1 Å². The molecule has 0 spiro atoms. The first-order chi connectivity index (χ1) is 8.88. The predicted octanol–water partition coefficient (Wildman–Crippen LogP) is 1.92. The fourth-order valence-corrected chi connectivity index (χ4v) is 3.40. The Hall–Kier alpha value is -1.08. The second kappa shape index (κ2) is 5.13. The fraction of sp³-hybridized carbons (Fsp3) is 0.867. The van der Waals surface area contributed by atoms with Gasteiger partial charge in [0.1, 0.15) is 5.54 Å². The third kappa shape index (κ3) is 2.92. The Bertz CT molecular complexity index is 389. The molecular formula is C15H25N3O. The summed E-state index contributed by atoms with van der Waals surface area (Å²) in [6, 6.07) is 2.36. The molecule has 1 saturated heterocycles. The topological polar surface area (TPSA) is 56.1 Å². The number of hydrogen-bond donors (Lipinski definition) is 1. The molecule has 1 aliphatic carbocycles. The number of nitrogens with zero attached hydrogens (tertiary/aromatic N) is 2. The molecule has 1 heterocycles. The van der Waals surface area contributed by atoms with Crippen molar-refractivity contribution in [2.24, 2.45) is 11.3 Å². The fourth-order valence-electron chi connectivity index (χ4n) is 3.40. The van der Waals surface area contributed by atoms with Crippen molar-refractivity contribution in [3.8, 4) is 6.07 Å². The lowest BCUT2D eigenvalue weighted by Crippen LogP contribution is -2.55. The Morgan fingerprint density at radius 2 is 1.95 bits per heavy atom. The van der Waals surface area contributed by atoms with E-state index in [0.29, 0.717) is 0 Å². The van der Waals surface area contributed by atoms with E-state index in [1.54, 1.807) is 0 Å². The molecule has 1 unspecified atom stereocenters. The van der Waals surface area contributed by atoms with Crippen LogP contribution in [0.2, 0.25) is 0 Å². The second-order valence-electron chi connectivity index (χ2n) is 6.92. The highest BCUT2D eigenvalue weighted by Crippen LogP contribution is 2.43. The summed E-state index contributed by atoms with van der Waals surface area (Å²) in [5, 5.41) is 12.5. The van der Waals surface area contributed by atoms with Gasteiger partial charge in [0.25, 0.3) is 0 Å². The van der Waals surface area contributed by atoms with E-state index in [2.05, 4.69) is 37.2 Å². The van der Waals surface area contributed by atoms with Gasteiger partial charge in [0.15, 0.2) is 0 Å². The van der Waals surface area contributed by atoms with E-state index in [1.165, 1.54) is 0 Å². The highest BCUT2D eigenvalue weighted by Gasteiger charge is 2.43. The summed E-state index contributed by atoms with van der Waals surface area (Å²) in [6.45, 7) is 6.08. The average Bonchev–Trinajstić information content (AvgIpc) is 2.72. The molecule has 0 aromatic carbocycles. The standard InChI is InChI=1S/C15H25N3O/c1-14(2)6-4-5-12(14)13(19)17-15(11-16)7-9-18(3)10-8-15/h12H,4-10H2,1-3H3,(H,17,19). The molecule has 1 atom stereocenters. The highest BCUT2D eigenvalue weighted by molar-refractivity contribution is 5.81. The zero-order chi connectivity index (χ0) is 14.1. The van der Waals surface area contributed by atoms with Crippen LogP contribution in [-0.4, -0.2) is 36.5 Å². The molecular weight excluding hydrogens is 238 g/mol. The van der Waals surface area contributed by atoms with Gasteiger partial charge in [-0.05, 0) is 38.1 Å².